The standard InChI is InChI=1S/C9H8F2O2/c10-7-2-1-5-6(9(7)11)3-13-4-8(5)12/h1-2,8,12H,3-4H2. The average molecular weight is 186 g/mol. The Labute approximate surface area is 73.8 Å². The zero-order valence-electron chi connectivity index (χ0n) is 6.76. The largest absolute Gasteiger partial charge is 0.386 e. The Kier molecular flexibility index (Phi) is 2.01. The molecule has 0 spiro atoms. The highest BCUT2D eigenvalue weighted by Gasteiger charge is 2.23. The summed E-state index contributed by atoms with van der Waals surface area (Å²) in [5.41, 5.74) is 0.545. The minimum absolute atomic E-state index is 0.0238. The molecule has 1 aliphatic heterocycles. The van der Waals surface area contributed by atoms with E-state index in [1.54, 1.807) is 0 Å². The van der Waals surface area contributed by atoms with Gasteiger partial charge in [0.05, 0.1) is 13.2 Å². The number of halogens is 2. The highest BCUT2D eigenvalue weighted by molar-refractivity contribution is 5.32. The number of hydrogen-bond donors (Lipinski definition) is 1. The van der Waals surface area contributed by atoms with Gasteiger partial charge in [0, 0.05) is 5.56 Å². The van der Waals surface area contributed by atoms with Crippen LogP contribution in [0.5, 0.6) is 0 Å². The molecule has 0 saturated carbocycles. The molecule has 0 aliphatic carbocycles. The third kappa shape index (κ3) is 1.32. The summed E-state index contributed by atoms with van der Waals surface area (Å²) in [4.78, 5) is 0. The number of benzene rings is 1. The molecule has 1 aromatic rings. The van der Waals surface area contributed by atoms with Gasteiger partial charge in [0.2, 0.25) is 0 Å². The topological polar surface area (TPSA) is 29.5 Å². The maximum atomic E-state index is 13.1. The predicted octanol–water partition coefficient (Wildman–Crippen LogP) is 1.53. The maximum Gasteiger partial charge on any atom is 0.164 e. The van der Waals surface area contributed by atoms with Crippen molar-refractivity contribution < 1.29 is 18.6 Å². The van der Waals surface area contributed by atoms with E-state index in [1.165, 1.54) is 6.07 Å². The summed E-state index contributed by atoms with van der Waals surface area (Å²) in [5.74, 6) is -1.83. The van der Waals surface area contributed by atoms with Crippen LogP contribution in [-0.2, 0) is 11.3 Å². The van der Waals surface area contributed by atoms with E-state index in [0.29, 0.717) is 5.56 Å². The Bertz CT molecular complexity index is 339. The van der Waals surface area contributed by atoms with Gasteiger partial charge in [0.1, 0.15) is 6.10 Å². The van der Waals surface area contributed by atoms with E-state index in [-0.39, 0.29) is 18.8 Å². The van der Waals surface area contributed by atoms with Crippen LogP contribution in [0.4, 0.5) is 8.78 Å². The molecule has 0 amide bonds. The van der Waals surface area contributed by atoms with Gasteiger partial charge in [-0.05, 0) is 11.6 Å². The molecule has 0 radical (unpaired) electrons. The molecule has 0 fully saturated rings. The van der Waals surface area contributed by atoms with E-state index >= 15 is 0 Å². The lowest BCUT2D eigenvalue weighted by Crippen LogP contribution is -2.18. The number of aliphatic hydroxyl groups is 1. The van der Waals surface area contributed by atoms with Crippen LogP contribution in [0.1, 0.15) is 17.2 Å². The highest BCUT2D eigenvalue weighted by Crippen LogP contribution is 2.27. The van der Waals surface area contributed by atoms with Gasteiger partial charge < -0.3 is 9.84 Å². The van der Waals surface area contributed by atoms with Crippen LogP contribution in [0, 0.1) is 11.6 Å². The van der Waals surface area contributed by atoms with Crippen LogP contribution >= 0.6 is 0 Å². The lowest BCUT2D eigenvalue weighted by atomic mass is 10.0. The molecule has 1 unspecified atom stereocenters. The summed E-state index contributed by atoms with van der Waals surface area (Å²) in [5, 5.41) is 9.36. The minimum atomic E-state index is -0.920. The Morgan fingerprint density at radius 3 is 2.92 bits per heavy atom. The van der Waals surface area contributed by atoms with E-state index in [0.717, 1.165) is 6.07 Å². The normalized spacial score (nSPS) is 21.3. The summed E-state index contributed by atoms with van der Waals surface area (Å²) in [6.45, 7) is 0.161. The van der Waals surface area contributed by atoms with Gasteiger partial charge in [-0.2, -0.15) is 0 Å². The van der Waals surface area contributed by atoms with E-state index < -0.39 is 17.7 Å². The average Bonchev–Trinajstić information content (AvgIpc) is 2.12. The fourth-order valence-corrected chi connectivity index (χ4v) is 1.43. The second kappa shape index (κ2) is 3.05. The summed E-state index contributed by atoms with van der Waals surface area (Å²) in [6, 6.07) is 2.41. The lowest BCUT2D eigenvalue weighted by Gasteiger charge is -2.21. The maximum absolute atomic E-state index is 13.1. The highest BCUT2D eigenvalue weighted by atomic mass is 19.2. The number of fused-ring (bicyclic) bond motifs is 1. The van der Waals surface area contributed by atoms with Gasteiger partial charge in [0.15, 0.2) is 11.6 Å². The first kappa shape index (κ1) is 8.59. The zero-order chi connectivity index (χ0) is 9.42. The Balaban J connectivity index is 2.56. The molecule has 2 rings (SSSR count). The second-order valence-corrected chi connectivity index (χ2v) is 2.96. The molecular weight excluding hydrogens is 178 g/mol. The molecule has 1 aliphatic rings. The molecule has 2 nitrogen and oxygen atoms in total. The van der Waals surface area contributed by atoms with Crippen molar-refractivity contribution in [2.45, 2.75) is 12.7 Å². The number of rotatable bonds is 0. The van der Waals surface area contributed by atoms with Crippen LogP contribution in [0.2, 0.25) is 0 Å². The van der Waals surface area contributed by atoms with E-state index in [2.05, 4.69) is 0 Å². The van der Waals surface area contributed by atoms with Gasteiger partial charge in [-0.15, -0.1) is 0 Å². The smallest absolute Gasteiger partial charge is 0.164 e. The van der Waals surface area contributed by atoms with Gasteiger partial charge in [-0.25, -0.2) is 8.78 Å². The quantitative estimate of drug-likeness (QED) is 0.665. The fourth-order valence-electron chi connectivity index (χ4n) is 1.43. The molecular formula is C9H8F2O2. The molecule has 70 valence electrons. The van der Waals surface area contributed by atoms with Crippen molar-refractivity contribution >= 4 is 0 Å². The van der Waals surface area contributed by atoms with Crippen LogP contribution in [0.3, 0.4) is 0 Å². The summed E-state index contributed by atoms with van der Waals surface area (Å²) >= 11 is 0. The second-order valence-electron chi connectivity index (χ2n) is 2.96. The van der Waals surface area contributed by atoms with Crippen LogP contribution < -0.4 is 0 Å². The predicted molar refractivity (Wildman–Crippen MR) is 41.0 cm³/mol. The van der Waals surface area contributed by atoms with Crippen molar-refractivity contribution in [1.82, 2.24) is 0 Å². The summed E-state index contributed by atoms with van der Waals surface area (Å²) in [6.07, 6.45) is -0.848. The number of hydrogen-bond acceptors (Lipinski definition) is 2. The fraction of sp³-hybridized carbons (Fsp3) is 0.333. The Morgan fingerprint density at radius 2 is 2.15 bits per heavy atom. The molecule has 1 N–H and O–H groups in total. The van der Waals surface area contributed by atoms with Crippen LogP contribution in [-0.4, -0.2) is 11.7 Å². The minimum Gasteiger partial charge on any atom is -0.386 e. The molecule has 13 heavy (non-hydrogen) atoms. The third-order valence-electron chi connectivity index (χ3n) is 2.11. The van der Waals surface area contributed by atoms with E-state index in [4.69, 9.17) is 4.74 Å². The van der Waals surface area contributed by atoms with Gasteiger partial charge in [-0.1, -0.05) is 6.07 Å². The lowest BCUT2D eigenvalue weighted by molar-refractivity contribution is 0.00765. The molecule has 1 aromatic carbocycles. The number of aliphatic hydroxyl groups excluding tert-OH is 1. The first-order chi connectivity index (χ1) is 6.20. The van der Waals surface area contributed by atoms with Gasteiger partial charge in [-0.3, -0.25) is 0 Å². The monoisotopic (exact) mass is 186 g/mol. The van der Waals surface area contributed by atoms with Gasteiger partial charge in [0.25, 0.3) is 0 Å². The first-order valence-corrected chi connectivity index (χ1v) is 3.92. The molecule has 0 bridgehead atoms. The molecule has 0 saturated heterocycles. The van der Waals surface area contributed by atoms with Crippen molar-refractivity contribution in [3.05, 3.63) is 34.9 Å². The Morgan fingerprint density at radius 1 is 1.38 bits per heavy atom. The number of ether oxygens (including phenoxy) is 1. The van der Waals surface area contributed by atoms with Crippen LogP contribution in [0.25, 0.3) is 0 Å². The van der Waals surface area contributed by atoms with E-state index in [1.807, 2.05) is 0 Å². The Hall–Kier alpha value is -1.00. The molecule has 1 atom stereocenters. The van der Waals surface area contributed by atoms with Crippen molar-refractivity contribution in [3.63, 3.8) is 0 Å². The van der Waals surface area contributed by atoms with Crippen molar-refractivity contribution in [1.29, 1.82) is 0 Å². The van der Waals surface area contributed by atoms with Crippen molar-refractivity contribution in [3.8, 4) is 0 Å². The summed E-state index contributed by atoms with van der Waals surface area (Å²) in [7, 11) is 0. The van der Waals surface area contributed by atoms with Gasteiger partial charge >= 0.3 is 0 Å². The van der Waals surface area contributed by atoms with Crippen LogP contribution in [0.15, 0.2) is 12.1 Å². The van der Waals surface area contributed by atoms with Crippen molar-refractivity contribution in [2.24, 2.45) is 0 Å². The van der Waals surface area contributed by atoms with E-state index in [9.17, 15) is 13.9 Å². The molecule has 4 heteroatoms. The third-order valence-corrected chi connectivity index (χ3v) is 2.11. The summed E-state index contributed by atoms with van der Waals surface area (Å²) < 4.78 is 30.7. The SMILES string of the molecule is OC1COCc2c1ccc(F)c2F. The molecule has 1 heterocycles. The first-order valence-electron chi connectivity index (χ1n) is 3.92. The van der Waals surface area contributed by atoms with Crippen molar-refractivity contribution in [2.75, 3.05) is 6.61 Å². The molecule has 0 aromatic heterocycles. The zero-order valence-corrected chi connectivity index (χ0v) is 6.76.